The molecule has 1 fully saturated rings. The monoisotopic (exact) mass is 201 g/mol. The fraction of sp³-hybridized carbons (Fsp3) is 1.00. The number of rotatable bonds is 5. The summed E-state index contributed by atoms with van der Waals surface area (Å²) >= 11 is 0. The van der Waals surface area contributed by atoms with Crippen LogP contribution in [0.1, 0.15) is 46.0 Å². The van der Waals surface area contributed by atoms with Gasteiger partial charge >= 0.3 is 0 Å². The van der Waals surface area contributed by atoms with Crippen molar-refractivity contribution < 1.29 is 10.2 Å². The normalized spacial score (nSPS) is 28.3. The van der Waals surface area contributed by atoms with Gasteiger partial charge < -0.3 is 15.5 Å². The van der Waals surface area contributed by atoms with Gasteiger partial charge in [-0.05, 0) is 32.1 Å². The fourth-order valence-corrected chi connectivity index (χ4v) is 2.00. The SMILES string of the molecule is CCC(O)(CC)CN[C@H]1CCC[C@@H]1O. The third-order valence-electron chi connectivity index (χ3n) is 3.49. The van der Waals surface area contributed by atoms with Crippen molar-refractivity contribution in [1.82, 2.24) is 5.32 Å². The molecule has 0 unspecified atom stereocenters. The molecule has 0 aromatic rings. The van der Waals surface area contributed by atoms with Gasteiger partial charge in [-0.1, -0.05) is 13.8 Å². The second kappa shape index (κ2) is 5.10. The number of aliphatic hydroxyl groups is 2. The molecule has 0 aromatic carbocycles. The summed E-state index contributed by atoms with van der Waals surface area (Å²) in [6.45, 7) is 4.59. The van der Waals surface area contributed by atoms with Crippen molar-refractivity contribution in [2.24, 2.45) is 0 Å². The number of aliphatic hydroxyl groups excluding tert-OH is 1. The van der Waals surface area contributed by atoms with E-state index in [4.69, 9.17) is 0 Å². The van der Waals surface area contributed by atoms with Crippen LogP contribution in [0.25, 0.3) is 0 Å². The minimum absolute atomic E-state index is 0.194. The molecule has 0 aromatic heterocycles. The van der Waals surface area contributed by atoms with Crippen LogP contribution in [0.2, 0.25) is 0 Å². The number of hydrogen-bond acceptors (Lipinski definition) is 3. The lowest BCUT2D eigenvalue weighted by Gasteiger charge is -2.28. The van der Waals surface area contributed by atoms with Gasteiger partial charge in [0.05, 0.1) is 11.7 Å². The van der Waals surface area contributed by atoms with E-state index in [0.717, 1.165) is 32.1 Å². The highest BCUT2D eigenvalue weighted by molar-refractivity contribution is 4.86. The van der Waals surface area contributed by atoms with E-state index in [-0.39, 0.29) is 12.1 Å². The van der Waals surface area contributed by atoms with Gasteiger partial charge in [0.2, 0.25) is 0 Å². The van der Waals surface area contributed by atoms with Crippen molar-refractivity contribution in [2.75, 3.05) is 6.54 Å². The summed E-state index contributed by atoms with van der Waals surface area (Å²) in [6.07, 6.45) is 4.33. The van der Waals surface area contributed by atoms with Gasteiger partial charge in [-0.2, -0.15) is 0 Å². The van der Waals surface area contributed by atoms with Crippen LogP contribution in [0, 0.1) is 0 Å². The summed E-state index contributed by atoms with van der Waals surface area (Å²) in [6, 6.07) is 0.194. The molecule has 1 rings (SSSR count). The van der Waals surface area contributed by atoms with Crippen molar-refractivity contribution in [2.45, 2.75) is 63.7 Å². The number of hydrogen-bond donors (Lipinski definition) is 3. The molecule has 1 aliphatic carbocycles. The lowest BCUT2D eigenvalue weighted by atomic mass is 9.97. The Bertz CT molecular complexity index is 169. The summed E-state index contributed by atoms with van der Waals surface area (Å²) in [7, 11) is 0. The second-order valence-corrected chi connectivity index (χ2v) is 4.42. The Kier molecular flexibility index (Phi) is 4.35. The highest BCUT2D eigenvalue weighted by Crippen LogP contribution is 2.20. The van der Waals surface area contributed by atoms with Crippen LogP contribution in [-0.4, -0.2) is 34.5 Å². The average molecular weight is 201 g/mol. The van der Waals surface area contributed by atoms with Crippen LogP contribution in [0.5, 0.6) is 0 Å². The third-order valence-corrected chi connectivity index (χ3v) is 3.49. The zero-order valence-electron chi connectivity index (χ0n) is 9.29. The predicted molar refractivity (Wildman–Crippen MR) is 57.2 cm³/mol. The molecule has 0 amide bonds. The first-order valence-electron chi connectivity index (χ1n) is 5.75. The first-order valence-corrected chi connectivity index (χ1v) is 5.75. The van der Waals surface area contributed by atoms with E-state index in [1.54, 1.807) is 0 Å². The zero-order valence-corrected chi connectivity index (χ0v) is 9.29. The van der Waals surface area contributed by atoms with Gasteiger partial charge in [-0.15, -0.1) is 0 Å². The maximum absolute atomic E-state index is 10.0. The molecule has 0 bridgehead atoms. The zero-order chi connectivity index (χ0) is 10.6. The molecule has 3 N–H and O–H groups in total. The molecule has 0 heterocycles. The van der Waals surface area contributed by atoms with E-state index in [0.29, 0.717) is 6.54 Å². The summed E-state index contributed by atoms with van der Waals surface area (Å²) < 4.78 is 0. The Labute approximate surface area is 86.5 Å². The highest BCUT2D eigenvalue weighted by atomic mass is 16.3. The van der Waals surface area contributed by atoms with E-state index < -0.39 is 5.60 Å². The van der Waals surface area contributed by atoms with E-state index in [1.165, 1.54) is 0 Å². The van der Waals surface area contributed by atoms with Crippen molar-refractivity contribution >= 4 is 0 Å². The van der Waals surface area contributed by atoms with Crippen LogP contribution in [-0.2, 0) is 0 Å². The molecule has 84 valence electrons. The van der Waals surface area contributed by atoms with Crippen molar-refractivity contribution in [3.05, 3.63) is 0 Å². The molecule has 1 aliphatic rings. The van der Waals surface area contributed by atoms with Gasteiger partial charge in [0, 0.05) is 12.6 Å². The Morgan fingerprint density at radius 1 is 1.29 bits per heavy atom. The van der Waals surface area contributed by atoms with E-state index >= 15 is 0 Å². The molecular formula is C11H23NO2. The Balaban J connectivity index is 2.31. The lowest BCUT2D eigenvalue weighted by molar-refractivity contribution is 0.0247. The average Bonchev–Trinajstić information content (AvgIpc) is 2.61. The molecule has 3 heteroatoms. The van der Waals surface area contributed by atoms with Crippen LogP contribution < -0.4 is 5.32 Å². The summed E-state index contributed by atoms with van der Waals surface area (Å²) in [5.41, 5.74) is -0.595. The van der Waals surface area contributed by atoms with Gasteiger partial charge in [-0.25, -0.2) is 0 Å². The largest absolute Gasteiger partial charge is 0.392 e. The van der Waals surface area contributed by atoms with Gasteiger partial charge in [0.25, 0.3) is 0 Å². The Morgan fingerprint density at radius 3 is 2.36 bits per heavy atom. The Hall–Kier alpha value is -0.120. The third kappa shape index (κ3) is 2.94. The molecule has 0 radical (unpaired) electrons. The minimum Gasteiger partial charge on any atom is -0.392 e. The summed E-state index contributed by atoms with van der Waals surface area (Å²) in [5, 5.41) is 22.9. The van der Waals surface area contributed by atoms with Crippen molar-refractivity contribution in [1.29, 1.82) is 0 Å². The first kappa shape index (κ1) is 12.0. The van der Waals surface area contributed by atoms with Crippen LogP contribution in [0.4, 0.5) is 0 Å². The molecular weight excluding hydrogens is 178 g/mol. The van der Waals surface area contributed by atoms with Crippen LogP contribution in [0.3, 0.4) is 0 Å². The molecule has 2 atom stereocenters. The topological polar surface area (TPSA) is 52.5 Å². The Morgan fingerprint density at radius 2 is 1.93 bits per heavy atom. The van der Waals surface area contributed by atoms with E-state index in [9.17, 15) is 10.2 Å². The lowest BCUT2D eigenvalue weighted by Crippen LogP contribution is -2.46. The molecule has 0 aliphatic heterocycles. The molecule has 14 heavy (non-hydrogen) atoms. The van der Waals surface area contributed by atoms with Crippen molar-refractivity contribution in [3.63, 3.8) is 0 Å². The van der Waals surface area contributed by atoms with Crippen molar-refractivity contribution in [3.8, 4) is 0 Å². The standard InChI is InChI=1S/C11H23NO2/c1-3-11(14,4-2)8-12-9-6-5-7-10(9)13/h9-10,12-14H,3-8H2,1-2H3/t9-,10-/m0/s1. The van der Waals surface area contributed by atoms with Crippen LogP contribution in [0.15, 0.2) is 0 Å². The highest BCUT2D eigenvalue weighted by Gasteiger charge is 2.28. The molecule has 1 saturated carbocycles. The van der Waals surface area contributed by atoms with Gasteiger partial charge in [0.15, 0.2) is 0 Å². The van der Waals surface area contributed by atoms with Crippen LogP contribution >= 0.6 is 0 Å². The van der Waals surface area contributed by atoms with E-state index in [1.807, 2.05) is 13.8 Å². The van der Waals surface area contributed by atoms with E-state index in [2.05, 4.69) is 5.32 Å². The maximum Gasteiger partial charge on any atom is 0.0766 e. The molecule has 3 nitrogen and oxygen atoms in total. The second-order valence-electron chi connectivity index (χ2n) is 4.42. The first-order chi connectivity index (χ1) is 6.61. The summed E-state index contributed by atoms with van der Waals surface area (Å²) in [4.78, 5) is 0. The minimum atomic E-state index is -0.595. The molecule has 0 spiro atoms. The smallest absolute Gasteiger partial charge is 0.0766 e. The predicted octanol–water partition coefficient (Wildman–Crippen LogP) is 1.04. The molecule has 0 saturated heterocycles. The fourth-order valence-electron chi connectivity index (χ4n) is 2.00. The van der Waals surface area contributed by atoms with Gasteiger partial charge in [-0.3, -0.25) is 0 Å². The number of nitrogens with one attached hydrogen (secondary N) is 1. The maximum atomic E-state index is 10.0. The van der Waals surface area contributed by atoms with Gasteiger partial charge in [0.1, 0.15) is 0 Å². The summed E-state index contributed by atoms with van der Waals surface area (Å²) in [5.74, 6) is 0. The quantitative estimate of drug-likeness (QED) is 0.623.